The molecule has 0 spiro atoms. The third-order valence-electron chi connectivity index (χ3n) is 2.35. The topological polar surface area (TPSA) is 68.3 Å². The van der Waals surface area contributed by atoms with Gasteiger partial charge in [-0.3, -0.25) is 4.79 Å². The summed E-state index contributed by atoms with van der Waals surface area (Å²) in [4.78, 5) is 27.3. The van der Waals surface area contributed by atoms with Crippen molar-refractivity contribution in [3.8, 4) is 0 Å². The fourth-order valence-electron chi connectivity index (χ4n) is 1.28. The number of ether oxygens (including phenoxy) is 1. The van der Waals surface area contributed by atoms with Gasteiger partial charge in [-0.05, 0) is 19.8 Å². The standard InChI is InChI=1S/C10H12N2O3S/c1-5-7(9(14)15-2)16-10(11-5)12-8(13)6-3-4-6/h6H,3-4H2,1-2H3,(H,11,12,13). The lowest BCUT2D eigenvalue weighted by molar-refractivity contribution is -0.117. The van der Waals surface area contributed by atoms with Crippen molar-refractivity contribution < 1.29 is 14.3 Å². The van der Waals surface area contributed by atoms with Crippen molar-refractivity contribution in [1.29, 1.82) is 0 Å². The molecule has 0 radical (unpaired) electrons. The normalized spacial score (nSPS) is 14.6. The molecular formula is C10H12N2O3S. The van der Waals surface area contributed by atoms with E-state index in [4.69, 9.17) is 0 Å². The van der Waals surface area contributed by atoms with E-state index in [0.717, 1.165) is 24.2 Å². The summed E-state index contributed by atoms with van der Waals surface area (Å²) in [5.74, 6) is -0.294. The molecule has 5 nitrogen and oxygen atoms in total. The Hall–Kier alpha value is -1.43. The van der Waals surface area contributed by atoms with Crippen molar-refractivity contribution in [2.24, 2.45) is 5.92 Å². The van der Waals surface area contributed by atoms with Crippen LogP contribution in [-0.2, 0) is 9.53 Å². The molecule has 0 aliphatic heterocycles. The van der Waals surface area contributed by atoms with Crippen molar-refractivity contribution in [3.05, 3.63) is 10.6 Å². The predicted octanol–water partition coefficient (Wildman–Crippen LogP) is 1.59. The van der Waals surface area contributed by atoms with Crippen LogP contribution in [0.3, 0.4) is 0 Å². The number of aryl methyl sites for hydroxylation is 1. The van der Waals surface area contributed by atoms with Crippen LogP contribution in [0.1, 0.15) is 28.2 Å². The Morgan fingerprint density at radius 2 is 2.19 bits per heavy atom. The van der Waals surface area contributed by atoms with Crippen LogP contribution in [0.15, 0.2) is 0 Å². The number of methoxy groups -OCH3 is 1. The summed E-state index contributed by atoms with van der Waals surface area (Å²) in [5.41, 5.74) is 0.586. The number of nitrogens with zero attached hydrogens (tertiary/aromatic N) is 1. The van der Waals surface area contributed by atoms with E-state index in [9.17, 15) is 9.59 Å². The van der Waals surface area contributed by atoms with Crippen LogP contribution < -0.4 is 5.32 Å². The third kappa shape index (κ3) is 2.21. The smallest absolute Gasteiger partial charge is 0.350 e. The fourth-order valence-corrected chi connectivity index (χ4v) is 2.17. The molecule has 0 unspecified atom stereocenters. The van der Waals surface area contributed by atoms with Crippen molar-refractivity contribution in [1.82, 2.24) is 4.98 Å². The summed E-state index contributed by atoms with van der Waals surface area (Å²) in [6.07, 6.45) is 1.89. The van der Waals surface area contributed by atoms with E-state index >= 15 is 0 Å². The molecule has 16 heavy (non-hydrogen) atoms. The van der Waals surface area contributed by atoms with Gasteiger partial charge in [-0.2, -0.15) is 0 Å². The van der Waals surface area contributed by atoms with Crippen molar-refractivity contribution in [2.75, 3.05) is 12.4 Å². The average molecular weight is 240 g/mol. The average Bonchev–Trinajstić information content (AvgIpc) is 3.03. The Labute approximate surface area is 96.8 Å². The first kappa shape index (κ1) is 11.1. The van der Waals surface area contributed by atoms with Gasteiger partial charge in [0.2, 0.25) is 5.91 Å². The lowest BCUT2D eigenvalue weighted by Crippen LogP contribution is -2.12. The Kier molecular flexibility index (Phi) is 2.91. The maximum atomic E-state index is 11.5. The molecule has 0 aromatic carbocycles. The molecule has 1 aliphatic rings. The molecule has 1 fully saturated rings. The van der Waals surface area contributed by atoms with Crippen molar-refractivity contribution in [2.45, 2.75) is 19.8 Å². The molecule has 1 heterocycles. The number of nitrogens with one attached hydrogen (secondary N) is 1. The second kappa shape index (κ2) is 4.21. The Morgan fingerprint density at radius 3 is 2.75 bits per heavy atom. The number of thiazole rings is 1. The quantitative estimate of drug-likeness (QED) is 0.814. The lowest BCUT2D eigenvalue weighted by atomic mass is 10.4. The summed E-state index contributed by atoms with van der Waals surface area (Å²) in [6, 6.07) is 0. The third-order valence-corrected chi connectivity index (χ3v) is 3.40. The van der Waals surface area contributed by atoms with Gasteiger partial charge in [0.25, 0.3) is 0 Å². The number of carbonyl (C=O) groups excluding carboxylic acids is 2. The minimum absolute atomic E-state index is 0.00911. The van der Waals surface area contributed by atoms with Gasteiger partial charge in [-0.1, -0.05) is 11.3 Å². The number of esters is 1. The number of hydrogen-bond acceptors (Lipinski definition) is 5. The molecule has 1 aromatic rings. The highest BCUT2D eigenvalue weighted by atomic mass is 32.1. The zero-order chi connectivity index (χ0) is 11.7. The van der Waals surface area contributed by atoms with Crippen molar-refractivity contribution >= 4 is 28.3 Å². The maximum absolute atomic E-state index is 11.5. The molecular weight excluding hydrogens is 228 g/mol. The lowest BCUT2D eigenvalue weighted by Gasteiger charge is -1.97. The summed E-state index contributed by atoms with van der Waals surface area (Å²) < 4.78 is 4.61. The van der Waals surface area contributed by atoms with Gasteiger partial charge in [0.1, 0.15) is 4.88 Å². The van der Waals surface area contributed by atoms with Crippen LogP contribution in [-0.4, -0.2) is 24.0 Å². The van der Waals surface area contributed by atoms with E-state index in [1.165, 1.54) is 7.11 Å². The summed E-state index contributed by atoms with van der Waals surface area (Å²) in [5, 5.41) is 3.17. The Balaban J connectivity index is 2.10. The van der Waals surface area contributed by atoms with E-state index in [0.29, 0.717) is 15.7 Å². The number of rotatable bonds is 3. The Morgan fingerprint density at radius 1 is 1.50 bits per heavy atom. The molecule has 1 aromatic heterocycles. The minimum atomic E-state index is -0.415. The first-order valence-electron chi connectivity index (χ1n) is 4.98. The number of hydrogen-bond donors (Lipinski definition) is 1. The largest absolute Gasteiger partial charge is 0.465 e. The maximum Gasteiger partial charge on any atom is 0.350 e. The van der Waals surface area contributed by atoms with Crippen molar-refractivity contribution in [3.63, 3.8) is 0 Å². The fraction of sp³-hybridized carbons (Fsp3) is 0.500. The number of anilines is 1. The van der Waals surface area contributed by atoms with Gasteiger partial charge in [0.05, 0.1) is 12.8 Å². The summed E-state index contributed by atoms with van der Waals surface area (Å²) >= 11 is 1.15. The molecule has 1 amide bonds. The number of amides is 1. The summed E-state index contributed by atoms with van der Waals surface area (Å²) in [6.45, 7) is 1.72. The van der Waals surface area contributed by atoms with E-state index in [1.807, 2.05) is 0 Å². The molecule has 86 valence electrons. The van der Waals surface area contributed by atoms with Gasteiger partial charge in [0.15, 0.2) is 5.13 Å². The zero-order valence-electron chi connectivity index (χ0n) is 9.07. The Bertz CT molecular complexity index is 437. The molecule has 0 atom stereocenters. The molecule has 1 saturated carbocycles. The van der Waals surface area contributed by atoms with Crippen LogP contribution in [0.25, 0.3) is 0 Å². The zero-order valence-corrected chi connectivity index (χ0v) is 9.89. The SMILES string of the molecule is COC(=O)c1sc(NC(=O)C2CC2)nc1C. The van der Waals surface area contributed by atoms with Crippen LogP contribution in [0.4, 0.5) is 5.13 Å². The molecule has 6 heteroatoms. The highest BCUT2D eigenvalue weighted by Gasteiger charge is 2.30. The van der Waals surface area contributed by atoms with Gasteiger partial charge >= 0.3 is 5.97 Å². The molecule has 1 aliphatic carbocycles. The highest BCUT2D eigenvalue weighted by Crippen LogP contribution is 2.31. The predicted molar refractivity (Wildman–Crippen MR) is 59.5 cm³/mol. The van der Waals surface area contributed by atoms with Crippen LogP contribution in [0.2, 0.25) is 0 Å². The molecule has 0 bridgehead atoms. The highest BCUT2D eigenvalue weighted by molar-refractivity contribution is 7.17. The molecule has 1 N–H and O–H groups in total. The number of aromatic nitrogens is 1. The van der Waals surface area contributed by atoms with Crippen LogP contribution in [0, 0.1) is 12.8 Å². The number of carbonyl (C=O) groups is 2. The molecule has 2 rings (SSSR count). The molecule has 0 saturated heterocycles. The summed E-state index contributed by atoms with van der Waals surface area (Å²) in [7, 11) is 1.32. The first-order chi connectivity index (χ1) is 7.61. The second-order valence-electron chi connectivity index (χ2n) is 3.69. The van der Waals surface area contributed by atoms with Crippen LogP contribution >= 0.6 is 11.3 Å². The first-order valence-corrected chi connectivity index (χ1v) is 5.80. The van der Waals surface area contributed by atoms with Gasteiger partial charge < -0.3 is 10.1 Å². The minimum Gasteiger partial charge on any atom is -0.465 e. The van der Waals surface area contributed by atoms with E-state index in [-0.39, 0.29) is 11.8 Å². The van der Waals surface area contributed by atoms with Crippen LogP contribution in [0.5, 0.6) is 0 Å². The second-order valence-corrected chi connectivity index (χ2v) is 4.69. The van der Waals surface area contributed by atoms with E-state index < -0.39 is 5.97 Å². The monoisotopic (exact) mass is 240 g/mol. The van der Waals surface area contributed by atoms with E-state index in [1.54, 1.807) is 6.92 Å². The van der Waals surface area contributed by atoms with Gasteiger partial charge in [-0.25, -0.2) is 9.78 Å². The van der Waals surface area contributed by atoms with E-state index in [2.05, 4.69) is 15.0 Å². The van der Waals surface area contributed by atoms with Gasteiger partial charge in [-0.15, -0.1) is 0 Å². The van der Waals surface area contributed by atoms with Gasteiger partial charge in [0, 0.05) is 5.92 Å².